The van der Waals surface area contributed by atoms with Crippen LogP contribution in [0.1, 0.15) is 27.8 Å². The van der Waals surface area contributed by atoms with Crippen LogP contribution in [0, 0.1) is 6.92 Å². The van der Waals surface area contributed by atoms with Gasteiger partial charge in [-0.25, -0.2) is 0 Å². The van der Waals surface area contributed by atoms with Crippen LogP contribution >= 0.6 is 11.8 Å². The SMILES string of the molecule is CSc1ccc(C)c(C(=O)N2CCOCC2c2ncon2)c1. The van der Waals surface area contributed by atoms with Gasteiger partial charge >= 0.3 is 0 Å². The number of ether oxygens (including phenoxy) is 1. The number of amides is 1. The third-order valence-electron chi connectivity index (χ3n) is 3.74. The third-order valence-corrected chi connectivity index (χ3v) is 4.47. The normalized spacial score (nSPS) is 18.5. The van der Waals surface area contributed by atoms with Gasteiger partial charge in [0.15, 0.2) is 5.82 Å². The molecule has 7 heteroatoms. The molecule has 1 saturated heterocycles. The number of aromatic nitrogens is 2. The molecule has 0 aliphatic carbocycles. The summed E-state index contributed by atoms with van der Waals surface area (Å²) < 4.78 is 10.3. The highest BCUT2D eigenvalue weighted by Crippen LogP contribution is 2.26. The lowest BCUT2D eigenvalue weighted by Gasteiger charge is -2.34. The minimum Gasteiger partial charge on any atom is -0.377 e. The average molecular weight is 319 g/mol. The van der Waals surface area contributed by atoms with Crippen molar-refractivity contribution in [2.45, 2.75) is 17.9 Å². The standard InChI is InChI=1S/C15H17N3O3S/c1-10-3-4-11(22-2)7-12(10)15(19)18-5-6-20-8-13(18)14-16-9-21-17-14/h3-4,7,9,13H,5-6,8H2,1-2H3. The van der Waals surface area contributed by atoms with Crippen LogP contribution in [0.5, 0.6) is 0 Å². The lowest BCUT2D eigenvalue weighted by Crippen LogP contribution is -2.44. The molecule has 1 aromatic carbocycles. The zero-order valence-corrected chi connectivity index (χ0v) is 13.3. The molecule has 0 spiro atoms. The predicted octanol–water partition coefficient (Wildman–Crippen LogP) is 2.31. The Morgan fingerprint density at radius 1 is 1.45 bits per heavy atom. The number of nitrogens with zero attached hydrogens (tertiary/aromatic N) is 3. The summed E-state index contributed by atoms with van der Waals surface area (Å²) >= 11 is 1.62. The highest BCUT2D eigenvalue weighted by molar-refractivity contribution is 7.98. The van der Waals surface area contributed by atoms with Gasteiger partial charge in [-0.3, -0.25) is 4.79 Å². The van der Waals surface area contributed by atoms with E-state index >= 15 is 0 Å². The zero-order chi connectivity index (χ0) is 15.5. The molecule has 2 aromatic rings. The van der Waals surface area contributed by atoms with Gasteiger partial charge in [-0.15, -0.1) is 11.8 Å². The summed E-state index contributed by atoms with van der Waals surface area (Å²) in [5.41, 5.74) is 1.67. The summed E-state index contributed by atoms with van der Waals surface area (Å²) in [6.45, 7) is 3.36. The van der Waals surface area contributed by atoms with Crippen molar-refractivity contribution in [3.8, 4) is 0 Å². The zero-order valence-electron chi connectivity index (χ0n) is 12.5. The molecule has 0 bridgehead atoms. The summed E-state index contributed by atoms with van der Waals surface area (Å²) in [5.74, 6) is 0.457. The summed E-state index contributed by atoms with van der Waals surface area (Å²) in [6.07, 6.45) is 3.27. The minimum absolute atomic E-state index is 0.0218. The van der Waals surface area contributed by atoms with Crippen molar-refractivity contribution in [2.75, 3.05) is 26.0 Å². The molecule has 0 radical (unpaired) electrons. The highest BCUT2D eigenvalue weighted by Gasteiger charge is 2.32. The van der Waals surface area contributed by atoms with Crippen molar-refractivity contribution in [2.24, 2.45) is 0 Å². The van der Waals surface area contributed by atoms with E-state index < -0.39 is 0 Å². The molecule has 116 valence electrons. The van der Waals surface area contributed by atoms with Crippen LogP contribution in [-0.4, -0.2) is 47.0 Å². The first-order valence-electron chi connectivity index (χ1n) is 7.00. The molecule has 0 N–H and O–H groups in total. The van der Waals surface area contributed by atoms with Gasteiger partial charge in [-0.2, -0.15) is 4.98 Å². The Kier molecular flexibility index (Phi) is 4.44. The van der Waals surface area contributed by atoms with Crippen LogP contribution in [0.15, 0.2) is 34.0 Å². The molecule has 1 fully saturated rings. The topological polar surface area (TPSA) is 68.5 Å². The Morgan fingerprint density at radius 3 is 3.05 bits per heavy atom. The van der Waals surface area contributed by atoms with Crippen LogP contribution in [0.25, 0.3) is 0 Å². The quantitative estimate of drug-likeness (QED) is 0.809. The second kappa shape index (κ2) is 6.50. The summed E-state index contributed by atoms with van der Waals surface area (Å²) in [6, 6.07) is 5.62. The third kappa shape index (κ3) is 2.86. The molecular weight excluding hydrogens is 302 g/mol. The number of thioether (sulfide) groups is 1. The number of morpholine rings is 1. The van der Waals surface area contributed by atoms with Crippen molar-refractivity contribution in [1.82, 2.24) is 15.0 Å². The fourth-order valence-electron chi connectivity index (χ4n) is 2.50. The number of carbonyl (C=O) groups excluding carboxylic acids is 1. The van der Waals surface area contributed by atoms with Gasteiger partial charge in [0.2, 0.25) is 6.39 Å². The molecule has 1 amide bonds. The number of benzene rings is 1. The Bertz CT molecular complexity index is 660. The predicted molar refractivity (Wildman–Crippen MR) is 81.9 cm³/mol. The van der Waals surface area contributed by atoms with Crippen molar-refractivity contribution in [1.29, 1.82) is 0 Å². The molecule has 0 saturated carbocycles. The van der Waals surface area contributed by atoms with E-state index in [1.54, 1.807) is 16.7 Å². The highest BCUT2D eigenvalue weighted by atomic mass is 32.2. The molecule has 1 aliphatic heterocycles. The number of rotatable bonds is 3. The largest absolute Gasteiger partial charge is 0.377 e. The number of aryl methyl sites for hydroxylation is 1. The van der Waals surface area contributed by atoms with Crippen LogP contribution in [0.3, 0.4) is 0 Å². The Labute approximate surface area is 132 Å². The van der Waals surface area contributed by atoms with Gasteiger partial charge in [0.05, 0.1) is 13.2 Å². The van der Waals surface area contributed by atoms with Crippen LogP contribution in [0.2, 0.25) is 0 Å². The number of hydrogen-bond acceptors (Lipinski definition) is 6. The number of hydrogen-bond donors (Lipinski definition) is 0. The summed E-state index contributed by atoms with van der Waals surface area (Å²) in [4.78, 5) is 19.9. The fourth-order valence-corrected chi connectivity index (χ4v) is 2.94. The maximum atomic E-state index is 13.0. The van der Waals surface area contributed by atoms with Crippen molar-refractivity contribution < 1.29 is 14.1 Å². The van der Waals surface area contributed by atoms with Crippen molar-refractivity contribution >= 4 is 17.7 Å². The van der Waals surface area contributed by atoms with E-state index in [0.29, 0.717) is 31.1 Å². The molecule has 1 unspecified atom stereocenters. The van der Waals surface area contributed by atoms with Crippen molar-refractivity contribution in [3.05, 3.63) is 41.5 Å². The molecule has 1 aromatic heterocycles. The minimum atomic E-state index is -0.308. The first-order valence-corrected chi connectivity index (χ1v) is 8.23. The van der Waals surface area contributed by atoms with Crippen molar-refractivity contribution in [3.63, 3.8) is 0 Å². The average Bonchev–Trinajstić information content (AvgIpc) is 3.09. The fraction of sp³-hybridized carbons (Fsp3) is 0.400. The molecule has 1 aliphatic rings. The van der Waals surface area contributed by atoms with Gasteiger partial charge in [-0.05, 0) is 30.9 Å². The van der Waals surface area contributed by atoms with Crippen LogP contribution in [0.4, 0.5) is 0 Å². The Hall–Kier alpha value is -1.86. The Balaban J connectivity index is 1.92. The molecule has 1 atom stereocenters. The maximum absolute atomic E-state index is 13.0. The smallest absolute Gasteiger partial charge is 0.254 e. The van der Waals surface area contributed by atoms with E-state index in [0.717, 1.165) is 10.5 Å². The molecule has 3 rings (SSSR count). The lowest BCUT2D eigenvalue weighted by molar-refractivity contribution is -0.00582. The summed E-state index contributed by atoms with van der Waals surface area (Å²) in [7, 11) is 0. The first-order chi connectivity index (χ1) is 10.7. The van der Waals surface area contributed by atoms with E-state index in [1.807, 2.05) is 31.4 Å². The van der Waals surface area contributed by atoms with E-state index in [2.05, 4.69) is 10.1 Å². The van der Waals surface area contributed by atoms with E-state index in [4.69, 9.17) is 9.26 Å². The van der Waals surface area contributed by atoms with Gasteiger partial charge < -0.3 is 14.2 Å². The molecule has 2 heterocycles. The Morgan fingerprint density at radius 2 is 2.32 bits per heavy atom. The second-order valence-electron chi connectivity index (χ2n) is 5.06. The number of carbonyl (C=O) groups is 1. The maximum Gasteiger partial charge on any atom is 0.254 e. The van der Waals surface area contributed by atoms with Gasteiger partial charge in [-0.1, -0.05) is 11.2 Å². The second-order valence-corrected chi connectivity index (χ2v) is 5.94. The van der Waals surface area contributed by atoms with Gasteiger partial charge in [0.1, 0.15) is 6.04 Å². The summed E-state index contributed by atoms with van der Waals surface area (Å²) in [5, 5.41) is 3.86. The van der Waals surface area contributed by atoms with Gasteiger partial charge in [0.25, 0.3) is 5.91 Å². The van der Waals surface area contributed by atoms with E-state index in [-0.39, 0.29) is 11.9 Å². The lowest BCUT2D eigenvalue weighted by atomic mass is 10.1. The molecule has 6 nitrogen and oxygen atoms in total. The van der Waals surface area contributed by atoms with E-state index in [1.165, 1.54) is 6.39 Å². The molecule has 22 heavy (non-hydrogen) atoms. The monoisotopic (exact) mass is 319 g/mol. The van der Waals surface area contributed by atoms with Gasteiger partial charge in [0, 0.05) is 17.0 Å². The van der Waals surface area contributed by atoms with Crippen LogP contribution < -0.4 is 0 Å². The van der Waals surface area contributed by atoms with E-state index in [9.17, 15) is 4.79 Å². The first kappa shape index (κ1) is 15.1. The van der Waals surface area contributed by atoms with Crippen LogP contribution in [-0.2, 0) is 4.74 Å². The molecular formula is C15H17N3O3S.